The number of hydrogen-bond acceptors (Lipinski definition) is 5. The van der Waals surface area contributed by atoms with Crippen LogP contribution in [0.25, 0.3) is 0 Å². The Kier molecular flexibility index (Phi) is 2.08. The van der Waals surface area contributed by atoms with Crippen LogP contribution in [0, 0.1) is 0 Å². The molecule has 2 spiro atoms. The van der Waals surface area contributed by atoms with Gasteiger partial charge in [0.05, 0.1) is 13.2 Å². The predicted octanol–water partition coefficient (Wildman–Crippen LogP) is 1.30. The maximum atomic E-state index is 5.77. The highest BCUT2D eigenvalue weighted by molar-refractivity contribution is 7.96. The Labute approximate surface area is 87.4 Å². The van der Waals surface area contributed by atoms with E-state index in [1.165, 1.54) is 12.0 Å². The lowest BCUT2D eigenvalue weighted by Gasteiger charge is -2.61. The van der Waals surface area contributed by atoms with Crippen LogP contribution in [0.5, 0.6) is 0 Å². The van der Waals surface area contributed by atoms with Gasteiger partial charge in [0.2, 0.25) is 0 Å². The van der Waals surface area contributed by atoms with Gasteiger partial charge in [0.25, 0.3) is 0 Å². The number of rotatable bonds is 1. The van der Waals surface area contributed by atoms with Crippen LogP contribution in [0.2, 0.25) is 0 Å². The van der Waals surface area contributed by atoms with Gasteiger partial charge in [0, 0.05) is 38.4 Å². The standard InChI is InChI=1S/C9H14O4S/c1-10-7-6-9(13-7)8(2-4-11-8)3-5-12-14-9/h7H,2-6H2,1H3. The molecule has 14 heavy (non-hydrogen) atoms. The fraction of sp³-hybridized carbons (Fsp3) is 1.00. The summed E-state index contributed by atoms with van der Waals surface area (Å²) in [6.45, 7) is 1.61. The van der Waals surface area contributed by atoms with Crippen molar-refractivity contribution in [3.05, 3.63) is 0 Å². The summed E-state index contributed by atoms with van der Waals surface area (Å²) in [6, 6.07) is 0. The Balaban J connectivity index is 1.76. The minimum atomic E-state index is -0.288. The van der Waals surface area contributed by atoms with Gasteiger partial charge in [-0.15, -0.1) is 0 Å². The second-order valence-electron chi connectivity index (χ2n) is 3.99. The topological polar surface area (TPSA) is 36.9 Å². The molecule has 3 rings (SSSR count). The molecule has 3 aliphatic rings. The Hall–Kier alpha value is 0.190. The number of fused-ring (bicyclic) bond motifs is 1. The van der Waals surface area contributed by atoms with Gasteiger partial charge in [0.1, 0.15) is 5.60 Å². The fourth-order valence-corrected chi connectivity index (χ4v) is 3.48. The third-order valence-electron chi connectivity index (χ3n) is 3.38. The zero-order chi connectivity index (χ0) is 9.65. The van der Waals surface area contributed by atoms with Crippen molar-refractivity contribution in [2.45, 2.75) is 36.1 Å². The van der Waals surface area contributed by atoms with E-state index >= 15 is 0 Å². The lowest BCUT2D eigenvalue weighted by Crippen LogP contribution is -2.70. The first-order chi connectivity index (χ1) is 6.80. The molecule has 3 heterocycles. The Morgan fingerprint density at radius 1 is 1.36 bits per heavy atom. The largest absolute Gasteiger partial charge is 0.371 e. The summed E-state index contributed by atoms with van der Waals surface area (Å²) < 4.78 is 22.0. The summed E-state index contributed by atoms with van der Waals surface area (Å²) in [5, 5.41) is 0. The molecule has 0 bridgehead atoms. The monoisotopic (exact) mass is 218 g/mol. The van der Waals surface area contributed by atoms with Gasteiger partial charge in [0.15, 0.2) is 11.2 Å². The van der Waals surface area contributed by atoms with E-state index in [4.69, 9.17) is 18.4 Å². The highest BCUT2D eigenvalue weighted by Gasteiger charge is 2.66. The molecule has 0 radical (unpaired) electrons. The summed E-state index contributed by atoms with van der Waals surface area (Å²) >= 11 is 1.43. The van der Waals surface area contributed by atoms with E-state index < -0.39 is 0 Å². The quantitative estimate of drug-likeness (QED) is 0.620. The van der Waals surface area contributed by atoms with E-state index in [0.717, 1.165) is 32.5 Å². The third-order valence-corrected chi connectivity index (χ3v) is 4.57. The maximum absolute atomic E-state index is 5.77. The van der Waals surface area contributed by atoms with Crippen molar-refractivity contribution >= 4 is 12.0 Å². The molecule has 0 N–H and O–H groups in total. The molecule has 3 aliphatic heterocycles. The molecule has 80 valence electrons. The average molecular weight is 218 g/mol. The first-order valence-corrected chi connectivity index (χ1v) is 5.70. The summed E-state index contributed by atoms with van der Waals surface area (Å²) in [5.41, 5.74) is -0.0923. The summed E-state index contributed by atoms with van der Waals surface area (Å²) in [5.74, 6) is 0. The molecule has 3 unspecified atom stereocenters. The molecule has 0 saturated carbocycles. The van der Waals surface area contributed by atoms with Crippen LogP contribution in [0.15, 0.2) is 0 Å². The molecular formula is C9H14O4S. The van der Waals surface area contributed by atoms with Crippen LogP contribution in [0.3, 0.4) is 0 Å². The van der Waals surface area contributed by atoms with Crippen LogP contribution >= 0.6 is 12.0 Å². The Bertz CT molecular complexity index is 235. The van der Waals surface area contributed by atoms with Gasteiger partial charge in [-0.2, -0.15) is 0 Å². The normalized spacial score (nSPS) is 51.6. The smallest absolute Gasteiger partial charge is 0.175 e. The van der Waals surface area contributed by atoms with Crippen LogP contribution in [0.1, 0.15) is 19.3 Å². The SMILES string of the molecule is COC1CC2(O1)SOCCC21CCO1. The zero-order valence-corrected chi connectivity index (χ0v) is 8.97. The van der Waals surface area contributed by atoms with Crippen molar-refractivity contribution in [2.75, 3.05) is 20.3 Å². The molecule has 0 amide bonds. The second-order valence-corrected chi connectivity index (χ2v) is 5.05. The molecule has 0 aromatic heterocycles. The highest BCUT2D eigenvalue weighted by Crippen LogP contribution is 2.59. The molecule has 5 heteroatoms. The molecule has 3 fully saturated rings. The van der Waals surface area contributed by atoms with Gasteiger partial charge >= 0.3 is 0 Å². The minimum Gasteiger partial charge on any atom is -0.371 e. The van der Waals surface area contributed by atoms with E-state index in [0.29, 0.717) is 0 Å². The minimum absolute atomic E-state index is 0.0784. The van der Waals surface area contributed by atoms with Crippen LogP contribution in [-0.2, 0) is 18.4 Å². The second kappa shape index (κ2) is 3.09. The number of hydrogen-bond donors (Lipinski definition) is 0. The first-order valence-electron chi connectivity index (χ1n) is 4.95. The van der Waals surface area contributed by atoms with Crippen LogP contribution in [-0.4, -0.2) is 37.1 Å². The highest BCUT2D eigenvalue weighted by atomic mass is 32.2. The number of methoxy groups -OCH3 is 1. The summed E-state index contributed by atoms with van der Waals surface area (Å²) in [7, 11) is 1.67. The van der Waals surface area contributed by atoms with Crippen molar-refractivity contribution in [1.82, 2.24) is 0 Å². The Morgan fingerprint density at radius 3 is 2.64 bits per heavy atom. The average Bonchev–Trinajstić information content (AvgIpc) is 2.11. The molecule has 0 aromatic rings. The van der Waals surface area contributed by atoms with Crippen molar-refractivity contribution < 1.29 is 18.4 Å². The van der Waals surface area contributed by atoms with E-state index in [-0.39, 0.29) is 16.8 Å². The first kappa shape index (κ1) is 9.42. The summed E-state index contributed by atoms with van der Waals surface area (Å²) in [4.78, 5) is -0.288. The maximum Gasteiger partial charge on any atom is 0.175 e. The molecule has 3 saturated heterocycles. The molecule has 3 atom stereocenters. The Morgan fingerprint density at radius 2 is 2.07 bits per heavy atom. The van der Waals surface area contributed by atoms with Crippen LogP contribution in [0.4, 0.5) is 0 Å². The van der Waals surface area contributed by atoms with Crippen molar-refractivity contribution in [2.24, 2.45) is 0 Å². The van der Waals surface area contributed by atoms with Crippen molar-refractivity contribution in [3.63, 3.8) is 0 Å². The molecule has 0 aromatic carbocycles. The molecule has 0 aliphatic carbocycles. The van der Waals surface area contributed by atoms with Gasteiger partial charge in [-0.3, -0.25) is 0 Å². The summed E-state index contributed by atoms with van der Waals surface area (Å²) in [6.07, 6.45) is 2.81. The molecular weight excluding hydrogens is 204 g/mol. The van der Waals surface area contributed by atoms with Gasteiger partial charge in [-0.05, 0) is 0 Å². The van der Waals surface area contributed by atoms with Gasteiger partial charge < -0.3 is 18.4 Å². The lowest BCUT2D eigenvalue weighted by molar-refractivity contribution is -0.352. The predicted molar refractivity (Wildman–Crippen MR) is 50.7 cm³/mol. The van der Waals surface area contributed by atoms with E-state index in [1.807, 2.05) is 0 Å². The van der Waals surface area contributed by atoms with Crippen molar-refractivity contribution in [3.8, 4) is 0 Å². The van der Waals surface area contributed by atoms with Gasteiger partial charge in [-0.1, -0.05) is 0 Å². The molecule has 4 nitrogen and oxygen atoms in total. The number of ether oxygens (including phenoxy) is 3. The third kappa shape index (κ3) is 1.05. The van der Waals surface area contributed by atoms with Crippen molar-refractivity contribution in [1.29, 1.82) is 0 Å². The zero-order valence-electron chi connectivity index (χ0n) is 8.15. The lowest BCUT2D eigenvalue weighted by atomic mass is 9.80. The van der Waals surface area contributed by atoms with E-state index in [2.05, 4.69) is 0 Å². The van der Waals surface area contributed by atoms with E-state index in [1.54, 1.807) is 7.11 Å². The fourth-order valence-electron chi connectivity index (χ4n) is 2.36. The van der Waals surface area contributed by atoms with Gasteiger partial charge in [-0.25, -0.2) is 0 Å². The van der Waals surface area contributed by atoms with E-state index in [9.17, 15) is 0 Å². The van der Waals surface area contributed by atoms with Crippen LogP contribution < -0.4 is 0 Å².